The fourth-order valence-electron chi connectivity index (χ4n) is 0.102. The summed E-state index contributed by atoms with van der Waals surface area (Å²) in [6.45, 7) is 0. The van der Waals surface area contributed by atoms with E-state index in [0.29, 0.717) is 0 Å². The van der Waals surface area contributed by atoms with Gasteiger partial charge in [0.2, 0.25) is 0 Å². The molecule has 0 heterocycles. The van der Waals surface area contributed by atoms with Gasteiger partial charge in [-0.05, 0) is 0 Å². The molecule has 0 aliphatic heterocycles. The first-order chi connectivity index (χ1) is 3.71. The summed E-state index contributed by atoms with van der Waals surface area (Å²) in [6.07, 6.45) is 0. The summed E-state index contributed by atoms with van der Waals surface area (Å²) in [5.41, 5.74) is 0. The van der Waals surface area contributed by atoms with E-state index in [1.54, 1.807) is 0 Å². The SMILES string of the molecule is [O]=[Cr](=[O])([O-])[O][Cr](=[O])(=[O])[O-].[Yb+2]. The van der Waals surface area contributed by atoms with Crippen LogP contribution >= 0.6 is 0 Å². The first-order valence-corrected chi connectivity index (χ1v) is 5.50. The first-order valence-electron chi connectivity index (χ1n) is 1.33. The maximum absolute atomic E-state index is 9.38. The van der Waals surface area contributed by atoms with Crippen molar-refractivity contribution in [2.24, 2.45) is 0 Å². The number of hydrogen-bond acceptors (Lipinski definition) is 7. The van der Waals surface area contributed by atoms with Crippen LogP contribution in [0.25, 0.3) is 0 Å². The van der Waals surface area contributed by atoms with Crippen molar-refractivity contribution in [3.8, 4) is 0 Å². The Bertz CT molecular complexity index is 237. The molecule has 0 aliphatic rings. The predicted octanol–water partition coefficient (Wildman–Crippen LogP) is -2.93. The van der Waals surface area contributed by atoms with Crippen LogP contribution in [0.15, 0.2) is 0 Å². The van der Waals surface area contributed by atoms with Crippen LogP contribution in [0.1, 0.15) is 0 Å². The molecule has 0 aromatic carbocycles. The fourth-order valence-corrected chi connectivity index (χ4v) is 1.74. The fraction of sp³-hybridized carbons (Fsp3) is 0. The van der Waals surface area contributed by atoms with Gasteiger partial charge in [-0.2, -0.15) is 0 Å². The molecule has 0 unspecified atom stereocenters. The van der Waals surface area contributed by atoms with E-state index in [2.05, 4.69) is 2.84 Å². The molecular weight excluding hydrogens is 389 g/mol. The smallest absolute Gasteiger partial charge is 2.00 e. The average Bonchev–Trinajstić information content (AvgIpc) is 1.14. The van der Waals surface area contributed by atoms with Gasteiger partial charge in [0.1, 0.15) is 0 Å². The van der Waals surface area contributed by atoms with E-state index in [-0.39, 0.29) is 46.9 Å². The third kappa shape index (κ3) is 12.4. The average molecular weight is 389 g/mol. The molecule has 0 N–H and O–H groups in total. The van der Waals surface area contributed by atoms with E-state index < -0.39 is 27.2 Å². The van der Waals surface area contributed by atoms with Gasteiger partial charge in [0.25, 0.3) is 0 Å². The van der Waals surface area contributed by atoms with Gasteiger partial charge in [-0.1, -0.05) is 0 Å². The van der Waals surface area contributed by atoms with Crippen molar-refractivity contribution in [3.05, 3.63) is 0 Å². The minimum absolute atomic E-state index is 0. The van der Waals surface area contributed by atoms with E-state index in [1.165, 1.54) is 0 Å². The van der Waals surface area contributed by atoms with Gasteiger partial charge in [0.15, 0.2) is 0 Å². The summed E-state index contributed by atoms with van der Waals surface area (Å²) in [4.78, 5) is 0. The molecule has 0 amide bonds. The topological polar surface area (TPSA) is 124 Å². The second-order valence-electron chi connectivity index (χ2n) is 0.885. The summed E-state index contributed by atoms with van der Waals surface area (Å²) in [5, 5.41) is 0. The van der Waals surface area contributed by atoms with Crippen molar-refractivity contribution in [2.45, 2.75) is 0 Å². The maximum atomic E-state index is 9.38. The van der Waals surface area contributed by atoms with Crippen LogP contribution in [0.4, 0.5) is 0 Å². The predicted molar refractivity (Wildman–Crippen MR) is 3.83 cm³/mol. The van der Waals surface area contributed by atoms with Crippen LogP contribution in [0, 0.1) is 46.9 Å². The Morgan fingerprint density at radius 3 is 1.10 bits per heavy atom. The molecule has 0 bridgehead atoms. The van der Waals surface area contributed by atoms with Gasteiger partial charge in [-0.15, -0.1) is 0 Å². The van der Waals surface area contributed by atoms with Crippen molar-refractivity contribution in [2.75, 3.05) is 0 Å². The Kier molecular flexibility index (Phi) is 6.58. The Hall–Kier alpha value is 1.66. The molecule has 0 radical (unpaired) electrons. The Labute approximate surface area is 98.8 Å². The van der Waals surface area contributed by atoms with E-state index >= 15 is 0 Å². The van der Waals surface area contributed by atoms with Gasteiger partial charge in [0, 0.05) is 0 Å². The molecule has 0 rings (SSSR count). The Morgan fingerprint density at radius 1 is 0.900 bits per heavy atom. The van der Waals surface area contributed by atoms with Crippen molar-refractivity contribution in [3.63, 3.8) is 0 Å². The van der Waals surface area contributed by atoms with Crippen LogP contribution in [0.2, 0.25) is 0 Å². The summed E-state index contributed by atoms with van der Waals surface area (Å²) < 4.78 is 58.9. The molecule has 0 aromatic heterocycles. The van der Waals surface area contributed by atoms with Gasteiger partial charge in [-0.25, -0.2) is 0 Å². The molecular formula is Cr2O7Yb. The Morgan fingerprint density at radius 2 is 1.10 bits per heavy atom. The second kappa shape index (κ2) is 4.63. The molecule has 0 aliphatic carbocycles. The van der Waals surface area contributed by atoms with E-state index in [9.17, 15) is 23.5 Å². The van der Waals surface area contributed by atoms with Crippen LogP contribution in [-0.2, 0) is 45.3 Å². The van der Waals surface area contributed by atoms with Crippen molar-refractivity contribution < 1.29 is 101 Å². The molecule has 0 fully saturated rings. The molecule has 0 saturated heterocycles. The molecule has 0 aromatic rings. The largest absolute Gasteiger partial charge is 2.00 e. The van der Waals surface area contributed by atoms with Crippen LogP contribution < -0.4 is 8.32 Å². The maximum Gasteiger partial charge on any atom is 2.00 e. The summed E-state index contributed by atoms with van der Waals surface area (Å²) >= 11 is -12.1. The second-order valence-corrected chi connectivity index (χ2v) is 4.52. The molecule has 10 heavy (non-hydrogen) atoms. The zero-order valence-corrected chi connectivity index (χ0v) is 8.21. The number of hydrogen-bond donors (Lipinski definition) is 0. The first kappa shape index (κ1) is 14.2. The molecule has 0 saturated carbocycles. The zero-order chi connectivity index (χ0) is 7.71. The van der Waals surface area contributed by atoms with Gasteiger partial charge in [-0.3, -0.25) is 0 Å². The molecule has 10 heteroatoms. The summed E-state index contributed by atoms with van der Waals surface area (Å²) in [5.74, 6) is 0. The van der Waals surface area contributed by atoms with Crippen LogP contribution in [0.5, 0.6) is 0 Å². The van der Waals surface area contributed by atoms with Crippen LogP contribution in [-0.4, -0.2) is 0 Å². The molecule has 0 atom stereocenters. The monoisotopic (exact) mass is 390 g/mol. The van der Waals surface area contributed by atoms with Gasteiger partial charge in [0.05, 0.1) is 0 Å². The van der Waals surface area contributed by atoms with Gasteiger partial charge < -0.3 is 0 Å². The van der Waals surface area contributed by atoms with Crippen molar-refractivity contribution in [1.82, 2.24) is 0 Å². The van der Waals surface area contributed by atoms with Crippen molar-refractivity contribution in [1.29, 1.82) is 0 Å². The van der Waals surface area contributed by atoms with Crippen LogP contribution in [0.3, 0.4) is 0 Å². The minimum atomic E-state index is -6.07. The molecule has 0 spiro atoms. The van der Waals surface area contributed by atoms with Crippen molar-refractivity contribution >= 4 is 0 Å². The third-order valence-corrected chi connectivity index (χ3v) is 2.83. The molecule has 7 nitrogen and oxygen atoms in total. The van der Waals surface area contributed by atoms with Gasteiger partial charge >= 0.3 is 101 Å². The van der Waals surface area contributed by atoms with E-state index in [4.69, 9.17) is 0 Å². The standard InChI is InChI=1S/2Cr.7O.Yb/q;;;;;;;2*-1;+2. The Balaban J connectivity index is 0. The molecule has 68 valence electrons. The zero-order valence-electron chi connectivity index (χ0n) is 3.94. The minimum Gasteiger partial charge on any atom is 2.00 e. The van der Waals surface area contributed by atoms with E-state index in [1.807, 2.05) is 0 Å². The summed E-state index contributed by atoms with van der Waals surface area (Å²) in [6, 6.07) is 0. The van der Waals surface area contributed by atoms with E-state index in [0.717, 1.165) is 0 Å². The normalized spacial score (nSPS) is 12.2. The quantitative estimate of drug-likeness (QED) is 0.496. The number of rotatable bonds is 2. The third-order valence-electron chi connectivity index (χ3n) is 0.167. The summed E-state index contributed by atoms with van der Waals surface area (Å²) in [7, 11) is 0.